The molecule has 1 nitrogen and oxygen atoms in total. The maximum absolute atomic E-state index is 5.11. The Balaban J connectivity index is 3.85. The number of nitrogens with zero attached hydrogens (tertiary/aromatic N) is 1. The highest BCUT2D eigenvalue weighted by molar-refractivity contribution is 5.53. The van der Waals surface area contributed by atoms with Crippen molar-refractivity contribution in [2.24, 2.45) is 16.8 Å². The minimum atomic E-state index is 0.504. The lowest BCUT2D eigenvalue weighted by atomic mass is 9.96. The molecule has 66 valence electrons. The molecule has 0 radical (unpaired) electrons. The molecule has 0 N–H and O–H groups in total. The summed E-state index contributed by atoms with van der Waals surface area (Å²) < 4.78 is 0. The van der Waals surface area contributed by atoms with Crippen LogP contribution in [0.1, 0.15) is 20.8 Å². The summed E-state index contributed by atoms with van der Waals surface area (Å²) in [5, 5.41) is 0. The van der Waals surface area contributed by atoms with E-state index < -0.39 is 0 Å². The highest BCUT2D eigenvalue weighted by Crippen LogP contribution is 2.12. The first-order valence-corrected chi connectivity index (χ1v) is 4.29. The van der Waals surface area contributed by atoms with Gasteiger partial charge in [0.15, 0.2) is 0 Å². The van der Waals surface area contributed by atoms with E-state index in [1.807, 2.05) is 13.1 Å². The minimum Gasteiger partial charge on any atom is -0.298 e. The smallest absolute Gasteiger partial charge is 0.0416 e. The molecular weight excluding hydrogens is 146 g/mol. The van der Waals surface area contributed by atoms with E-state index in [1.54, 1.807) is 6.08 Å². The molecule has 1 unspecified atom stereocenters. The van der Waals surface area contributed by atoms with Gasteiger partial charge < -0.3 is 0 Å². The van der Waals surface area contributed by atoms with E-state index >= 15 is 0 Å². The molecule has 1 heteroatoms. The van der Waals surface area contributed by atoms with Gasteiger partial charge in [-0.2, -0.15) is 0 Å². The van der Waals surface area contributed by atoms with Crippen molar-refractivity contribution in [3.63, 3.8) is 0 Å². The molecule has 0 aliphatic rings. The van der Waals surface area contributed by atoms with E-state index in [0.717, 1.165) is 6.54 Å². The van der Waals surface area contributed by atoms with E-state index in [2.05, 4.69) is 30.8 Å². The van der Waals surface area contributed by atoms with Gasteiger partial charge in [0.1, 0.15) is 0 Å². The van der Waals surface area contributed by atoms with Crippen molar-refractivity contribution in [1.29, 1.82) is 0 Å². The van der Waals surface area contributed by atoms with Crippen LogP contribution in [0.5, 0.6) is 0 Å². The maximum atomic E-state index is 5.11. The van der Waals surface area contributed by atoms with E-state index in [1.165, 1.54) is 0 Å². The van der Waals surface area contributed by atoms with Gasteiger partial charge in [0.2, 0.25) is 0 Å². The van der Waals surface area contributed by atoms with Crippen molar-refractivity contribution in [2.75, 3.05) is 6.54 Å². The Labute approximate surface area is 75.6 Å². The van der Waals surface area contributed by atoms with Gasteiger partial charge in [-0.05, 0) is 31.1 Å². The Morgan fingerprint density at radius 2 is 2.17 bits per heavy atom. The van der Waals surface area contributed by atoms with Crippen LogP contribution >= 0.6 is 0 Å². The second-order valence-electron chi connectivity index (χ2n) is 2.99. The van der Waals surface area contributed by atoms with Gasteiger partial charge in [0, 0.05) is 6.54 Å². The average Bonchev–Trinajstić information content (AvgIpc) is 2.10. The Morgan fingerprint density at radius 1 is 1.50 bits per heavy atom. The summed E-state index contributed by atoms with van der Waals surface area (Å²) in [7, 11) is 0. The first-order chi connectivity index (χ1) is 5.72. The summed E-state index contributed by atoms with van der Waals surface area (Å²) >= 11 is 0. The van der Waals surface area contributed by atoms with Crippen molar-refractivity contribution < 1.29 is 0 Å². The topological polar surface area (TPSA) is 12.4 Å². The van der Waals surface area contributed by atoms with Crippen LogP contribution in [0, 0.1) is 24.2 Å². The van der Waals surface area contributed by atoms with Crippen LogP contribution < -0.4 is 0 Å². The van der Waals surface area contributed by atoms with Crippen LogP contribution in [0.15, 0.2) is 17.1 Å². The van der Waals surface area contributed by atoms with Crippen molar-refractivity contribution in [2.45, 2.75) is 20.8 Å². The molecule has 2 atom stereocenters. The van der Waals surface area contributed by atoms with Crippen LogP contribution in [0.3, 0.4) is 0 Å². The normalized spacial score (nSPS) is 16.5. The molecule has 0 spiro atoms. The lowest BCUT2D eigenvalue weighted by molar-refractivity contribution is 0.473. The van der Waals surface area contributed by atoms with Crippen LogP contribution in [-0.2, 0) is 0 Å². The third kappa shape index (κ3) is 4.73. The van der Waals surface area contributed by atoms with E-state index in [0.29, 0.717) is 11.8 Å². The molecule has 0 fully saturated rings. The Kier molecular flexibility index (Phi) is 6.09. The number of rotatable bonds is 4. The summed E-state index contributed by atoms with van der Waals surface area (Å²) in [5.74, 6) is 3.56. The molecule has 0 amide bonds. The van der Waals surface area contributed by atoms with E-state index in [-0.39, 0.29) is 0 Å². The Morgan fingerprint density at radius 3 is 2.67 bits per heavy atom. The third-order valence-electron chi connectivity index (χ3n) is 1.97. The molecule has 12 heavy (non-hydrogen) atoms. The fourth-order valence-corrected chi connectivity index (χ4v) is 0.835. The SMILES string of the molecule is C#C/C=C\[C@H](C)C(C)CN=CC. The summed E-state index contributed by atoms with van der Waals surface area (Å²) in [5.41, 5.74) is 0. The molecule has 0 heterocycles. The minimum absolute atomic E-state index is 0.504. The van der Waals surface area contributed by atoms with Crippen LogP contribution in [0.25, 0.3) is 0 Å². The number of allylic oxidation sites excluding steroid dienone is 2. The van der Waals surface area contributed by atoms with Gasteiger partial charge in [-0.25, -0.2) is 0 Å². The first kappa shape index (κ1) is 11.0. The molecule has 0 saturated heterocycles. The van der Waals surface area contributed by atoms with Crippen molar-refractivity contribution >= 4 is 6.21 Å². The number of terminal acetylenes is 1. The maximum Gasteiger partial charge on any atom is 0.0416 e. The second kappa shape index (κ2) is 6.67. The molecule has 0 bridgehead atoms. The zero-order valence-corrected chi connectivity index (χ0v) is 8.12. The van der Waals surface area contributed by atoms with Crippen molar-refractivity contribution in [1.82, 2.24) is 0 Å². The zero-order valence-electron chi connectivity index (χ0n) is 8.12. The number of aliphatic imine (C=N–C) groups is 1. The molecule has 0 aliphatic heterocycles. The molecule has 0 aromatic heterocycles. The van der Waals surface area contributed by atoms with Gasteiger partial charge in [0.05, 0.1) is 0 Å². The largest absolute Gasteiger partial charge is 0.298 e. The standard InChI is InChI=1S/C11H17N/c1-5-7-8-10(3)11(4)9-12-6-2/h1,6-8,10-11H,9H2,2-4H3/b8-7-,12-6?/t10-,11?/m0/s1. The monoisotopic (exact) mass is 163 g/mol. The molecule has 0 aliphatic carbocycles. The molecular formula is C11H17N. The van der Waals surface area contributed by atoms with Crippen LogP contribution in [0.4, 0.5) is 0 Å². The van der Waals surface area contributed by atoms with Crippen molar-refractivity contribution in [3.8, 4) is 12.3 Å². The quantitative estimate of drug-likeness (QED) is 0.446. The van der Waals surface area contributed by atoms with Crippen LogP contribution in [0.2, 0.25) is 0 Å². The number of hydrogen-bond acceptors (Lipinski definition) is 1. The summed E-state index contributed by atoms with van der Waals surface area (Å²) in [6, 6.07) is 0. The van der Waals surface area contributed by atoms with E-state index in [4.69, 9.17) is 6.42 Å². The van der Waals surface area contributed by atoms with Gasteiger partial charge in [-0.1, -0.05) is 25.8 Å². The Bertz CT molecular complexity index is 196. The van der Waals surface area contributed by atoms with Crippen LogP contribution in [-0.4, -0.2) is 12.8 Å². The first-order valence-electron chi connectivity index (χ1n) is 4.29. The predicted molar refractivity (Wildman–Crippen MR) is 55.3 cm³/mol. The predicted octanol–water partition coefficient (Wildman–Crippen LogP) is 2.54. The highest BCUT2D eigenvalue weighted by Gasteiger charge is 2.06. The molecule has 0 rings (SSSR count). The second-order valence-corrected chi connectivity index (χ2v) is 2.99. The molecule has 0 aromatic rings. The third-order valence-corrected chi connectivity index (χ3v) is 1.97. The van der Waals surface area contributed by atoms with Gasteiger partial charge in [-0.3, -0.25) is 4.99 Å². The summed E-state index contributed by atoms with van der Waals surface area (Å²) in [6.45, 7) is 7.16. The molecule has 0 aromatic carbocycles. The van der Waals surface area contributed by atoms with Gasteiger partial charge in [0.25, 0.3) is 0 Å². The molecule has 0 saturated carbocycles. The van der Waals surface area contributed by atoms with Crippen molar-refractivity contribution in [3.05, 3.63) is 12.2 Å². The van der Waals surface area contributed by atoms with Gasteiger partial charge >= 0.3 is 0 Å². The fraction of sp³-hybridized carbons (Fsp3) is 0.545. The van der Waals surface area contributed by atoms with Gasteiger partial charge in [-0.15, -0.1) is 6.42 Å². The summed E-state index contributed by atoms with van der Waals surface area (Å²) in [4.78, 5) is 4.19. The lowest BCUT2D eigenvalue weighted by Crippen LogP contribution is -2.08. The van der Waals surface area contributed by atoms with E-state index in [9.17, 15) is 0 Å². The Hall–Kier alpha value is -1.03. The average molecular weight is 163 g/mol. The fourth-order valence-electron chi connectivity index (χ4n) is 0.835. The zero-order chi connectivity index (χ0) is 9.40. The summed E-state index contributed by atoms with van der Waals surface area (Å²) in [6.07, 6.45) is 10.8. The highest BCUT2D eigenvalue weighted by atomic mass is 14.7. The number of hydrogen-bond donors (Lipinski definition) is 0. The lowest BCUT2D eigenvalue weighted by Gasteiger charge is -2.12.